The minimum Gasteiger partial charge on any atom is -0.493 e. The molecule has 1 saturated heterocycles. The van der Waals surface area contributed by atoms with Crippen molar-refractivity contribution in [3.05, 3.63) is 23.8 Å². The topological polar surface area (TPSA) is 47.6 Å². The molecule has 21 heavy (non-hydrogen) atoms. The van der Waals surface area contributed by atoms with Crippen LogP contribution >= 0.6 is 12.4 Å². The van der Waals surface area contributed by atoms with Gasteiger partial charge in [0.1, 0.15) is 5.78 Å². The van der Waals surface area contributed by atoms with Crippen LogP contribution in [0.5, 0.6) is 11.5 Å². The number of Topliss-reactive ketones (excluding diaryl/α,β-unsaturated/α-hetero) is 1. The van der Waals surface area contributed by atoms with Gasteiger partial charge in [-0.3, -0.25) is 4.79 Å². The van der Waals surface area contributed by atoms with Gasteiger partial charge in [-0.25, -0.2) is 0 Å². The van der Waals surface area contributed by atoms with Crippen LogP contribution in [0.4, 0.5) is 0 Å². The minimum atomic E-state index is 0. The maximum absolute atomic E-state index is 12.1. The first-order valence-electron chi connectivity index (χ1n) is 7.16. The first-order valence-corrected chi connectivity index (χ1v) is 7.16. The number of ketones is 1. The maximum Gasteiger partial charge on any atom is 0.161 e. The molecule has 0 spiro atoms. The van der Waals surface area contributed by atoms with Crippen molar-refractivity contribution in [2.45, 2.75) is 25.7 Å². The van der Waals surface area contributed by atoms with Gasteiger partial charge in [0.15, 0.2) is 11.5 Å². The zero-order valence-electron chi connectivity index (χ0n) is 12.7. The Bertz CT molecular complexity index is 459. The van der Waals surface area contributed by atoms with Crippen LogP contribution in [0.15, 0.2) is 18.2 Å². The Balaban J connectivity index is 0.00000220. The van der Waals surface area contributed by atoms with Gasteiger partial charge in [0.05, 0.1) is 14.2 Å². The Kier molecular flexibility index (Phi) is 7.54. The predicted octanol–water partition coefficient (Wildman–Crippen LogP) is 2.63. The van der Waals surface area contributed by atoms with E-state index in [1.54, 1.807) is 14.2 Å². The lowest BCUT2D eigenvalue weighted by molar-refractivity contribution is -0.119. The monoisotopic (exact) mass is 313 g/mol. The predicted molar refractivity (Wildman–Crippen MR) is 85.7 cm³/mol. The van der Waals surface area contributed by atoms with Gasteiger partial charge in [-0.1, -0.05) is 6.07 Å². The van der Waals surface area contributed by atoms with Crippen molar-refractivity contribution in [3.63, 3.8) is 0 Å². The Hall–Kier alpha value is -1.26. The number of nitrogens with one attached hydrogen (secondary N) is 1. The Morgan fingerprint density at radius 3 is 2.48 bits per heavy atom. The molecule has 2 rings (SSSR count). The number of halogens is 1. The SMILES string of the molecule is COc1ccc(CC(=O)CC2CCNCC2)cc1OC.Cl. The highest BCUT2D eigenvalue weighted by Gasteiger charge is 2.17. The number of piperidine rings is 1. The second-order valence-electron chi connectivity index (χ2n) is 5.30. The Morgan fingerprint density at radius 1 is 1.19 bits per heavy atom. The minimum absolute atomic E-state index is 0. The molecule has 0 aliphatic carbocycles. The van der Waals surface area contributed by atoms with Crippen LogP contribution in [-0.2, 0) is 11.2 Å². The third-order valence-corrected chi connectivity index (χ3v) is 3.82. The molecule has 0 saturated carbocycles. The van der Waals surface area contributed by atoms with Crippen molar-refractivity contribution in [1.82, 2.24) is 5.32 Å². The highest BCUT2D eigenvalue weighted by atomic mass is 35.5. The second kappa shape index (κ2) is 8.90. The van der Waals surface area contributed by atoms with E-state index < -0.39 is 0 Å². The summed E-state index contributed by atoms with van der Waals surface area (Å²) >= 11 is 0. The lowest BCUT2D eigenvalue weighted by atomic mass is 9.91. The number of hydrogen-bond donors (Lipinski definition) is 1. The molecule has 1 N–H and O–H groups in total. The summed E-state index contributed by atoms with van der Waals surface area (Å²) in [5, 5.41) is 3.32. The van der Waals surface area contributed by atoms with Gasteiger partial charge in [-0.2, -0.15) is 0 Å². The Morgan fingerprint density at radius 2 is 1.86 bits per heavy atom. The van der Waals surface area contributed by atoms with E-state index in [-0.39, 0.29) is 12.4 Å². The van der Waals surface area contributed by atoms with Crippen LogP contribution < -0.4 is 14.8 Å². The standard InChI is InChI=1S/C16H23NO3.ClH/c1-19-15-4-3-13(11-16(15)20-2)10-14(18)9-12-5-7-17-8-6-12;/h3-4,11-12,17H,5-10H2,1-2H3;1H. The molecule has 5 heteroatoms. The smallest absolute Gasteiger partial charge is 0.161 e. The molecule has 1 fully saturated rings. The average molecular weight is 314 g/mol. The van der Waals surface area contributed by atoms with Crippen molar-refractivity contribution < 1.29 is 14.3 Å². The molecule has 1 aliphatic heterocycles. The van der Waals surface area contributed by atoms with E-state index in [4.69, 9.17) is 9.47 Å². The number of rotatable bonds is 6. The fourth-order valence-corrected chi connectivity index (χ4v) is 2.70. The molecule has 1 aliphatic rings. The lowest BCUT2D eigenvalue weighted by Gasteiger charge is -2.21. The molecule has 0 unspecified atom stereocenters. The summed E-state index contributed by atoms with van der Waals surface area (Å²) in [6.45, 7) is 2.07. The summed E-state index contributed by atoms with van der Waals surface area (Å²) in [5.41, 5.74) is 0.988. The molecule has 0 amide bonds. The largest absolute Gasteiger partial charge is 0.493 e. The quantitative estimate of drug-likeness (QED) is 0.877. The molecule has 118 valence electrons. The fraction of sp³-hybridized carbons (Fsp3) is 0.562. The van der Waals surface area contributed by atoms with Crippen LogP contribution in [0.3, 0.4) is 0 Å². The van der Waals surface area contributed by atoms with Crippen molar-refractivity contribution in [3.8, 4) is 11.5 Å². The van der Waals surface area contributed by atoms with Crippen molar-refractivity contribution in [2.24, 2.45) is 5.92 Å². The molecular weight excluding hydrogens is 290 g/mol. The summed E-state index contributed by atoms with van der Waals surface area (Å²) < 4.78 is 10.5. The van der Waals surface area contributed by atoms with Crippen LogP contribution in [0.2, 0.25) is 0 Å². The number of benzene rings is 1. The lowest BCUT2D eigenvalue weighted by Crippen LogP contribution is -2.29. The van der Waals surface area contributed by atoms with Gasteiger partial charge >= 0.3 is 0 Å². The van der Waals surface area contributed by atoms with E-state index in [2.05, 4.69) is 5.32 Å². The third-order valence-electron chi connectivity index (χ3n) is 3.82. The normalized spacial score (nSPS) is 15.1. The van der Waals surface area contributed by atoms with Crippen LogP contribution in [0.25, 0.3) is 0 Å². The van der Waals surface area contributed by atoms with E-state index in [9.17, 15) is 4.79 Å². The van der Waals surface area contributed by atoms with Gasteiger partial charge in [-0.15, -0.1) is 12.4 Å². The van der Waals surface area contributed by atoms with Crippen LogP contribution in [0, 0.1) is 5.92 Å². The van der Waals surface area contributed by atoms with E-state index in [0.717, 1.165) is 31.5 Å². The zero-order valence-corrected chi connectivity index (χ0v) is 13.5. The van der Waals surface area contributed by atoms with Crippen molar-refractivity contribution in [2.75, 3.05) is 27.3 Å². The van der Waals surface area contributed by atoms with Crippen LogP contribution in [-0.4, -0.2) is 33.1 Å². The number of ether oxygens (including phenoxy) is 2. The summed E-state index contributed by atoms with van der Waals surface area (Å²) in [6, 6.07) is 5.67. The highest BCUT2D eigenvalue weighted by Crippen LogP contribution is 2.28. The van der Waals surface area contributed by atoms with Crippen molar-refractivity contribution in [1.29, 1.82) is 0 Å². The first kappa shape index (κ1) is 17.8. The number of methoxy groups -OCH3 is 2. The molecule has 0 bridgehead atoms. The van der Waals surface area contributed by atoms with Crippen molar-refractivity contribution >= 4 is 18.2 Å². The first-order chi connectivity index (χ1) is 9.72. The van der Waals surface area contributed by atoms with E-state index in [0.29, 0.717) is 36.0 Å². The van der Waals surface area contributed by atoms with Gasteiger partial charge in [0.25, 0.3) is 0 Å². The third kappa shape index (κ3) is 5.21. The van der Waals surface area contributed by atoms with E-state index in [1.807, 2.05) is 18.2 Å². The van der Waals surface area contributed by atoms with Crippen LogP contribution in [0.1, 0.15) is 24.8 Å². The van der Waals surface area contributed by atoms with E-state index in [1.165, 1.54) is 0 Å². The van der Waals surface area contributed by atoms with Gasteiger partial charge < -0.3 is 14.8 Å². The van der Waals surface area contributed by atoms with Gasteiger partial charge in [0, 0.05) is 12.8 Å². The van der Waals surface area contributed by atoms with E-state index >= 15 is 0 Å². The highest BCUT2D eigenvalue weighted by molar-refractivity contribution is 5.85. The molecule has 0 radical (unpaired) electrons. The summed E-state index contributed by atoms with van der Waals surface area (Å²) in [7, 11) is 3.22. The summed E-state index contributed by atoms with van der Waals surface area (Å²) in [5.74, 6) is 2.23. The molecule has 1 heterocycles. The zero-order chi connectivity index (χ0) is 14.4. The molecular formula is C16H24ClNO3. The molecule has 4 nitrogen and oxygen atoms in total. The molecule has 0 atom stereocenters. The van der Waals surface area contributed by atoms with Gasteiger partial charge in [0.2, 0.25) is 0 Å². The molecule has 0 aromatic heterocycles. The number of hydrogen-bond acceptors (Lipinski definition) is 4. The fourth-order valence-electron chi connectivity index (χ4n) is 2.70. The molecule has 1 aromatic carbocycles. The summed E-state index contributed by atoms with van der Waals surface area (Å²) in [6.07, 6.45) is 3.38. The maximum atomic E-state index is 12.1. The summed E-state index contributed by atoms with van der Waals surface area (Å²) in [4.78, 5) is 12.1. The molecule has 1 aromatic rings. The van der Waals surface area contributed by atoms with Gasteiger partial charge in [-0.05, 0) is 49.5 Å². The second-order valence-corrected chi connectivity index (χ2v) is 5.30. The average Bonchev–Trinajstić information content (AvgIpc) is 2.48. The number of carbonyl (C=O) groups excluding carboxylic acids is 1. The number of carbonyl (C=O) groups is 1. The Labute approximate surface area is 132 Å².